The smallest absolute Gasteiger partial charge is 0.329 e. The van der Waals surface area contributed by atoms with Gasteiger partial charge in [0.05, 0.1) is 12.3 Å². The first-order valence-electron chi connectivity index (χ1n) is 8.67. The van der Waals surface area contributed by atoms with Crippen molar-refractivity contribution in [3.05, 3.63) is 23.8 Å². The van der Waals surface area contributed by atoms with Crippen LogP contribution in [-0.2, 0) is 14.3 Å². The summed E-state index contributed by atoms with van der Waals surface area (Å²) in [5.41, 5.74) is 0.943. The van der Waals surface area contributed by atoms with Crippen LogP contribution in [0.25, 0.3) is 0 Å². The Morgan fingerprint density at radius 1 is 1.28 bits per heavy atom. The summed E-state index contributed by atoms with van der Waals surface area (Å²) in [5.74, 6) is -0.0898. The fourth-order valence-electron chi connectivity index (χ4n) is 2.69. The van der Waals surface area contributed by atoms with Gasteiger partial charge in [0.2, 0.25) is 0 Å². The normalized spacial score (nSPS) is 14.8. The molecule has 0 aliphatic carbocycles. The van der Waals surface area contributed by atoms with Gasteiger partial charge in [-0.05, 0) is 30.5 Å². The first-order chi connectivity index (χ1) is 11.9. The lowest BCUT2D eigenvalue weighted by Gasteiger charge is -2.34. The molecule has 6 nitrogen and oxygen atoms in total. The van der Waals surface area contributed by atoms with Crippen molar-refractivity contribution in [3.8, 4) is 5.75 Å². The molecule has 0 spiro atoms. The van der Waals surface area contributed by atoms with Gasteiger partial charge in [0.25, 0.3) is 5.91 Å². The molecule has 1 aliphatic rings. The maximum atomic E-state index is 12.5. The van der Waals surface area contributed by atoms with Crippen LogP contribution in [0.2, 0.25) is 0 Å². The fourth-order valence-corrected chi connectivity index (χ4v) is 2.69. The van der Waals surface area contributed by atoms with Gasteiger partial charge >= 0.3 is 5.97 Å². The van der Waals surface area contributed by atoms with Crippen molar-refractivity contribution in [2.24, 2.45) is 5.92 Å². The number of benzene rings is 1. The van der Waals surface area contributed by atoms with E-state index in [2.05, 4.69) is 0 Å². The van der Waals surface area contributed by atoms with E-state index in [1.54, 1.807) is 25.1 Å². The highest BCUT2D eigenvalue weighted by atomic mass is 16.5. The summed E-state index contributed by atoms with van der Waals surface area (Å²) in [4.78, 5) is 38.4. The minimum Gasteiger partial charge on any atom is -0.482 e. The van der Waals surface area contributed by atoms with E-state index in [9.17, 15) is 14.4 Å². The number of esters is 1. The molecule has 0 radical (unpaired) electrons. The van der Waals surface area contributed by atoms with Crippen LogP contribution in [0.1, 0.15) is 50.9 Å². The van der Waals surface area contributed by atoms with Gasteiger partial charge in [0.1, 0.15) is 11.8 Å². The maximum absolute atomic E-state index is 12.5. The largest absolute Gasteiger partial charge is 0.482 e. The molecule has 1 heterocycles. The van der Waals surface area contributed by atoms with Gasteiger partial charge in [-0.3, -0.25) is 14.5 Å². The molecule has 0 saturated carbocycles. The monoisotopic (exact) mass is 347 g/mol. The molecule has 0 fully saturated rings. The molecule has 1 aromatic rings. The van der Waals surface area contributed by atoms with Crippen molar-refractivity contribution in [1.82, 2.24) is 0 Å². The van der Waals surface area contributed by atoms with Crippen molar-refractivity contribution in [1.29, 1.82) is 0 Å². The standard InChI is InChI=1S/C19H25NO5/c1-5-14(19(23)25-10-12(3)4)20-15-9-13(16(21)6-2)7-8-17(15)24-11-18(20)22/h7-9,12,14H,5-6,10-11H2,1-4H3. The third-order valence-electron chi connectivity index (χ3n) is 4.01. The molecule has 1 amide bonds. The molecule has 1 atom stereocenters. The van der Waals surface area contributed by atoms with Gasteiger partial charge in [-0.1, -0.05) is 27.7 Å². The van der Waals surface area contributed by atoms with Gasteiger partial charge in [0.15, 0.2) is 12.4 Å². The Morgan fingerprint density at radius 2 is 2.00 bits per heavy atom. The molecule has 1 aromatic carbocycles. The zero-order valence-corrected chi connectivity index (χ0v) is 15.2. The van der Waals surface area contributed by atoms with Crippen LogP contribution in [0.5, 0.6) is 5.75 Å². The lowest BCUT2D eigenvalue weighted by atomic mass is 10.0. The predicted molar refractivity (Wildman–Crippen MR) is 93.9 cm³/mol. The Hall–Kier alpha value is -2.37. The van der Waals surface area contributed by atoms with Gasteiger partial charge in [0, 0.05) is 12.0 Å². The van der Waals surface area contributed by atoms with Crippen LogP contribution in [-0.4, -0.2) is 36.9 Å². The predicted octanol–water partition coefficient (Wildman–Crippen LogP) is 2.98. The molecule has 2 rings (SSSR count). The lowest BCUT2D eigenvalue weighted by Crippen LogP contribution is -2.50. The van der Waals surface area contributed by atoms with Gasteiger partial charge in [-0.25, -0.2) is 4.79 Å². The average molecular weight is 347 g/mol. The van der Waals surface area contributed by atoms with E-state index in [0.717, 1.165) is 0 Å². The van der Waals surface area contributed by atoms with E-state index in [0.29, 0.717) is 36.4 Å². The number of hydrogen-bond acceptors (Lipinski definition) is 5. The highest BCUT2D eigenvalue weighted by molar-refractivity contribution is 6.05. The molecule has 1 unspecified atom stereocenters. The van der Waals surface area contributed by atoms with Crippen LogP contribution in [0.4, 0.5) is 5.69 Å². The Kier molecular flexibility index (Phi) is 6.17. The Balaban J connectivity index is 2.37. The number of ketones is 1. The summed E-state index contributed by atoms with van der Waals surface area (Å²) in [6.07, 6.45) is 0.773. The minimum atomic E-state index is -0.735. The number of Topliss-reactive ketones (excluding diaryl/α,β-unsaturated/α-hetero) is 1. The SMILES string of the molecule is CCC(=O)c1ccc2c(c1)N(C(CC)C(=O)OCC(C)C)C(=O)CO2. The second-order valence-electron chi connectivity index (χ2n) is 6.46. The maximum Gasteiger partial charge on any atom is 0.329 e. The summed E-state index contributed by atoms with van der Waals surface area (Å²) in [5, 5.41) is 0. The van der Waals surface area contributed by atoms with Gasteiger partial charge in [-0.2, -0.15) is 0 Å². The number of fused-ring (bicyclic) bond motifs is 1. The van der Waals surface area contributed by atoms with E-state index in [-0.39, 0.29) is 24.2 Å². The highest BCUT2D eigenvalue weighted by Gasteiger charge is 2.36. The molecule has 0 bridgehead atoms. The van der Waals surface area contributed by atoms with Crippen LogP contribution in [0.15, 0.2) is 18.2 Å². The summed E-state index contributed by atoms with van der Waals surface area (Å²) in [7, 11) is 0. The van der Waals surface area contributed by atoms with Crippen molar-refractivity contribution in [3.63, 3.8) is 0 Å². The average Bonchev–Trinajstić information content (AvgIpc) is 2.61. The molecule has 0 N–H and O–H groups in total. The van der Waals surface area contributed by atoms with Crippen molar-refractivity contribution < 1.29 is 23.9 Å². The van der Waals surface area contributed by atoms with E-state index in [4.69, 9.17) is 9.47 Å². The molecule has 25 heavy (non-hydrogen) atoms. The molecule has 0 saturated heterocycles. The Morgan fingerprint density at radius 3 is 2.60 bits per heavy atom. The first-order valence-corrected chi connectivity index (χ1v) is 8.67. The zero-order valence-electron chi connectivity index (χ0n) is 15.2. The summed E-state index contributed by atoms with van der Waals surface area (Å²) in [6, 6.07) is 4.23. The van der Waals surface area contributed by atoms with Gasteiger partial charge < -0.3 is 9.47 Å². The number of hydrogen-bond donors (Lipinski definition) is 0. The van der Waals surface area contributed by atoms with Crippen molar-refractivity contribution >= 4 is 23.3 Å². The number of carbonyl (C=O) groups is 3. The summed E-state index contributed by atoms with van der Waals surface area (Å²) < 4.78 is 10.8. The Labute approximate surface area is 148 Å². The number of rotatable bonds is 7. The molecule has 6 heteroatoms. The zero-order chi connectivity index (χ0) is 18.6. The van der Waals surface area contributed by atoms with E-state index in [1.807, 2.05) is 20.8 Å². The van der Waals surface area contributed by atoms with Crippen LogP contribution < -0.4 is 9.64 Å². The van der Waals surface area contributed by atoms with Crippen molar-refractivity contribution in [2.45, 2.75) is 46.6 Å². The molecule has 136 valence electrons. The van der Waals surface area contributed by atoms with E-state index < -0.39 is 12.0 Å². The first kappa shape index (κ1) is 19.0. The summed E-state index contributed by atoms with van der Waals surface area (Å²) in [6.45, 7) is 7.67. The molecular formula is C19H25NO5. The third kappa shape index (κ3) is 4.18. The number of ether oxygens (including phenoxy) is 2. The quantitative estimate of drug-likeness (QED) is 0.560. The molecular weight excluding hydrogens is 322 g/mol. The minimum absolute atomic E-state index is 0.0313. The fraction of sp³-hybridized carbons (Fsp3) is 0.526. The highest BCUT2D eigenvalue weighted by Crippen LogP contribution is 2.35. The second-order valence-corrected chi connectivity index (χ2v) is 6.46. The van der Waals surface area contributed by atoms with Crippen LogP contribution in [0.3, 0.4) is 0 Å². The van der Waals surface area contributed by atoms with Crippen molar-refractivity contribution in [2.75, 3.05) is 18.1 Å². The van der Waals surface area contributed by atoms with Crippen LogP contribution in [0, 0.1) is 5.92 Å². The molecule has 0 aromatic heterocycles. The third-order valence-corrected chi connectivity index (χ3v) is 4.01. The van der Waals surface area contributed by atoms with E-state index >= 15 is 0 Å². The lowest BCUT2D eigenvalue weighted by molar-refractivity contribution is -0.147. The summed E-state index contributed by atoms with van der Waals surface area (Å²) >= 11 is 0. The van der Waals surface area contributed by atoms with Crippen LogP contribution >= 0.6 is 0 Å². The Bertz CT molecular complexity index is 668. The topological polar surface area (TPSA) is 72.9 Å². The number of nitrogens with zero attached hydrogens (tertiary/aromatic N) is 1. The molecule has 1 aliphatic heterocycles. The number of carbonyl (C=O) groups excluding carboxylic acids is 3. The number of amides is 1. The van der Waals surface area contributed by atoms with E-state index in [1.165, 1.54) is 4.90 Å². The second kappa shape index (κ2) is 8.14. The van der Waals surface area contributed by atoms with Gasteiger partial charge in [-0.15, -0.1) is 0 Å². The number of anilines is 1.